The van der Waals surface area contributed by atoms with Crippen molar-refractivity contribution in [1.29, 1.82) is 5.26 Å². The van der Waals surface area contributed by atoms with Gasteiger partial charge < -0.3 is 14.4 Å². The van der Waals surface area contributed by atoms with Crippen molar-refractivity contribution >= 4 is 21.6 Å². The average molecular weight is 393 g/mol. The van der Waals surface area contributed by atoms with Crippen molar-refractivity contribution in [3.8, 4) is 6.07 Å². The van der Waals surface area contributed by atoms with Gasteiger partial charge in [0.15, 0.2) is 6.29 Å². The van der Waals surface area contributed by atoms with Crippen molar-refractivity contribution in [1.82, 2.24) is 0 Å². The van der Waals surface area contributed by atoms with E-state index in [9.17, 15) is 5.26 Å². The summed E-state index contributed by atoms with van der Waals surface area (Å²) in [7, 11) is 0. The van der Waals surface area contributed by atoms with Gasteiger partial charge in [-0.05, 0) is 66.7 Å². The molecule has 2 aliphatic rings. The minimum atomic E-state index is -0.143. The van der Waals surface area contributed by atoms with Crippen molar-refractivity contribution in [2.75, 3.05) is 24.7 Å². The zero-order valence-corrected chi connectivity index (χ0v) is 16.2. The summed E-state index contributed by atoms with van der Waals surface area (Å²) >= 11 is 3.67. The van der Waals surface area contributed by atoms with Gasteiger partial charge in [-0.15, -0.1) is 0 Å². The first-order chi connectivity index (χ1) is 11.4. The number of hydrogen-bond donors (Lipinski definition) is 0. The molecule has 1 saturated heterocycles. The maximum atomic E-state index is 9.34. The van der Waals surface area contributed by atoms with E-state index in [-0.39, 0.29) is 11.7 Å². The molecule has 4 nitrogen and oxygen atoms in total. The standard InChI is InChI=1S/C19H25BrN2O2/c1-13(2)22-11-19(3,12-24-17-6-4-5-7-23-17)15-8-14(10-21)9-16(20)18(15)22/h8-9,13,17H,4-7,11-12H2,1-3H3. The van der Waals surface area contributed by atoms with Crippen molar-refractivity contribution in [2.24, 2.45) is 0 Å². The second-order valence-corrected chi connectivity index (χ2v) is 8.21. The summed E-state index contributed by atoms with van der Waals surface area (Å²) in [6.45, 7) is 8.91. The van der Waals surface area contributed by atoms with E-state index in [2.05, 4.69) is 47.7 Å². The van der Waals surface area contributed by atoms with Crippen LogP contribution in [0.4, 0.5) is 5.69 Å². The predicted molar refractivity (Wildman–Crippen MR) is 98.2 cm³/mol. The molecule has 0 amide bonds. The molecule has 2 atom stereocenters. The largest absolute Gasteiger partial charge is 0.367 e. The van der Waals surface area contributed by atoms with E-state index in [4.69, 9.17) is 9.47 Å². The van der Waals surface area contributed by atoms with Crippen LogP contribution in [-0.4, -0.2) is 32.1 Å². The van der Waals surface area contributed by atoms with E-state index in [1.807, 2.05) is 12.1 Å². The van der Waals surface area contributed by atoms with Gasteiger partial charge in [-0.2, -0.15) is 5.26 Å². The Hall–Kier alpha value is -1.09. The van der Waals surface area contributed by atoms with E-state index in [0.29, 0.717) is 18.2 Å². The number of halogens is 1. The lowest BCUT2D eigenvalue weighted by Gasteiger charge is -2.31. The number of ether oxygens (including phenoxy) is 2. The predicted octanol–water partition coefficient (Wildman–Crippen LogP) is 4.35. The summed E-state index contributed by atoms with van der Waals surface area (Å²) in [6.07, 6.45) is 3.17. The normalized spacial score (nSPS) is 26.5. The molecule has 24 heavy (non-hydrogen) atoms. The number of hydrogen-bond acceptors (Lipinski definition) is 4. The van der Waals surface area contributed by atoms with Crippen LogP contribution in [0.5, 0.6) is 0 Å². The van der Waals surface area contributed by atoms with Crippen LogP contribution in [0, 0.1) is 11.3 Å². The molecule has 1 aromatic carbocycles. The Morgan fingerprint density at radius 1 is 1.46 bits per heavy atom. The molecule has 0 N–H and O–H groups in total. The summed E-state index contributed by atoms with van der Waals surface area (Å²) in [5.74, 6) is 0. The van der Waals surface area contributed by atoms with Gasteiger partial charge in [0.2, 0.25) is 0 Å². The van der Waals surface area contributed by atoms with Crippen LogP contribution in [-0.2, 0) is 14.9 Å². The molecule has 130 valence electrons. The number of rotatable bonds is 4. The van der Waals surface area contributed by atoms with Gasteiger partial charge in [-0.25, -0.2) is 0 Å². The number of nitrogens with zero attached hydrogens (tertiary/aromatic N) is 2. The molecule has 0 aliphatic carbocycles. The molecule has 1 aromatic rings. The first-order valence-electron chi connectivity index (χ1n) is 8.68. The van der Waals surface area contributed by atoms with Gasteiger partial charge in [0.1, 0.15) is 0 Å². The monoisotopic (exact) mass is 392 g/mol. The molecule has 5 heteroatoms. The average Bonchev–Trinajstić information content (AvgIpc) is 2.88. The van der Waals surface area contributed by atoms with Gasteiger partial charge in [0, 0.05) is 29.1 Å². The third kappa shape index (κ3) is 3.33. The zero-order valence-electron chi connectivity index (χ0n) is 14.6. The molecule has 3 rings (SSSR count). The number of benzene rings is 1. The van der Waals surface area contributed by atoms with Gasteiger partial charge in [-0.1, -0.05) is 6.92 Å². The lowest BCUT2D eigenvalue weighted by atomic mass is 9.84. The quantitative estimate of drug-likeness (QED) is 0.763. The molecular weight excluding hydrogens is 368 g/mol. The fourth-order valence-corrected chi connectivity index (χ4v) is 4.33. The van der Waals surface area contributed by atoms with E-state index in [1.54, 1.807) is 0 Å². The second-order valence-electron chi connectivity index (χ2n) is 7.36. The molecular formula is C19H25BrN2O2. The molecule has 0 radical (unpaired) electrons. The van der Waals surface area contributed by atoms with Crippen LogP contribution in [0.1, 0.15) is 51.2 Å². The Labute approximate surface area is 152 Å². The Morgan fingerprint density at radius 3 is 2.88 bits per heavy atom. The Bertz CT molecular complexity index is 650. The highest BCUT2D eigenvalue weighted by Gasteiger charge is 2.42. The van der Waals surface area contributed by atoms with E-state index >= 15 is 0 Å². The third-order valence-corrected chi connectivity index (χ3v) is 5.60. The third-order valence-electron chi connectivity index (χ3n) is 5.00. The first kappa shape index (κ1) is 17.7. The highest BCUT2D eigenvalue weighted by molar-refractivity contribution is 9.10. The molecule has 0 saturated carbocycles. The maximum absolute atomic E-state index is 9.34. The van der Waals surface area contributed by atoms with Crippen LogP contribution in [0.15, 0.2) is 16.6 Å². The van der Waals surface area contributed by atoms with E-state index in [0.717, 1.165) is 30.5 Å². The molecule has 2 heterocycles. The molecule has 0 bridgehead atoms. The lowest BCUT2D eigenvalue weighted by Crippen LogP contribution is -2.39. The van der Waals surface area contributed by atoms with Crippen LogP contribution in [0.25, 0.3) is 0 Å². The molecule has 1 fully saturated rings. The van der Waals surface area contributed by atoms with Crippen molar-refractivity contribution < 1.29 is 9.47 Å². The smallest absolute Gasteiger partial charge is 0.157 e. The topological polar surface area (TPSA) is 45.5 Å². The minimum Gasteiger partial charge on any atom is -0.367 e. The Balaban J connectivity index is 1.89. The molecule has 2 unspecified atom stereocenters. The van der Waals surface area contributed by atoms with Crippen LogP contribution in [0.2, 0.25) is 0 Å². The van der Waals surface area contributed by atoms with E-state index < -0.39 is 0 Å². The minimum absolute atomic E-state index is 0.0882. The highest BCUT2D eigenvalue weighted by atomic mass is 79.9. The highest BCUT2D eigenvalue weighted by Crippen LogP contribution is 2.46. The molecule has 0 aromatic heterocycles. The summed E-state index contributed by atoms with van der Waals surface area (Å²) < 4.78 is 12.8. The zero-order chi connectivity index (χ0) is 17.3. The SMILES string of the molecule is CC(C)N1CC(C)(COC2CCCCO2)c2cc(C#N)cc(Br)c21. The van der Waals surface area contributed by atoms with Gasteiger partial charge in [0.25, 0.3) is 0 Å². The van der Waals surface area contributed by atoms with Crippen LogP contribution in [0.3, 0.4) is 0 Å². The number of fused-ring (bicyclic) bond motifs is 1. The maximum Gasteiger partial charge on any atom is 0.157 e. The first-order valence-corrected chi connectivity index (χ1v) is 9.48. The van der Waals surface area contributed by atoms with Gasteiger partial charge in [-0.3, -0.25) is 0 Å². The number of nitriles is 1. The lowest BCUT2D eigenvalue weighted by molar-refractivity contribution is -0.170. The summed E-state index contributed by atoms with van der Waals surface area (Å²) in [5.41, 5.74) is 2.93. The van der Waals surface area contributed by atoms with Crippen molar-refractivity contribution in [3.63, 3.8) is 0 Å². The molecule has 0 spiro atoms. The van der Waals surface area contributed by atoms with Crippen LogP contribution >= 0.6 is 15.9 Å². The van der Waals surface area contributed by atoms with Crippen molar-refractivity contribution in [2.45, 2.75) is 57.8 Å². The fraction of sp³-hybridized carbons (Fsp3) is 0.632. The molecule has 2 aliphatic heterocycles. The summed E-state index contributed by atoms with van der Waals surface area (Å²) in [6, 6.07) is 6.59. The summed E-state index contributed by atoms with van der Waals surface area (Å²) in [4.78, 5) is 2.39. The van der Waals surface area contributed by atoms with Gasteiger partial charge >= 0.3 is 0 Å². The van der Waals surface area contributed by atoms with Crippen molar-refractivity contribution in [3.05, 3.63) is 27.7 Å². The van der Waals surface area contributed by atoms with Crippen LogP contribution < -0.4 is 4.90 Å². The van der Waals surface area contributed by atoms with Gasteiger partial charge in [0.05, 0.1) is 23.9 Å². The van der Waals surface area contributed by atoms with E-state index in [1.165, 1.54) is 17.7 Å². The fourth-order valence-electron chi connectivity index (χ4n) is 3.64. The summed E-state index contributed by atoms with van der Waals surface area (Å²) in [5, 5.41) is 9.34. The second kappa shape index (κ2) is 7.03. The number of anilines is 1. The Kier molecular flexibility index (Phi) is 5.19. The Morgan fingerprint density at radius 2 is 2.25 bits per heavy atom.